The molecule has 4 nitrogen and oxygen atoms in total. The van der Waals surface area contributed by atoms with Crippen LogP contribution in [0.5, 0.6) is 0 Å². The largest absolute Gasteiger partial charge is 0.311 e. The maximum absolute atomic E-state index is 2.84. The summed E-state index contributed by atoms with van der Waals surface area (Å²) >= 11 is 0. The number of para-hydroxylation sites is 2. The number of fused-ring (bicyclic) bond motifs is 18. The summed E-state index contributed by atoms with van der Waals surface area (Å²) in [5.74, 6) is 0. The lowest BCUT2D eigenvalue weighted by molar-refractivity contribution is 0.568. The van der Waals surface area contributed by atoms with E-state index in [1.165, 1.54) is 161 Å². The van der Waals surface area contributed by atoms with Crippen molar-refractivity contribution in [3.63, 3.8) is 0 Å². The van der Waals surface area contributed by atoms with Gasteiger partial charge >= 0.3 is 0 Å². The molecule has 0 saturated carbocycles. The zero-order valence-electron chi connectivity index (χ0n) is 87.0. The first-order valence-electron chi connectivity index (χ1n) is 50.9. The summed E-state index contributed by atoms with van der Waals surface area (Å²) in [6, 6.07) is 129. The number of hydrogen-bond donors (Lipinski definition) is 0. The molecule has 692 valence electrons. The first-order chi connectivity index (χ1) is 65.6. The van der Waals surface area contributed by atoms with Gasteiger partial charge in [0.15, 0.2) is 0 Å². The van der Waals surface area contributed by atoms with Crippen LogP contribution in [0, 0.1) is 0 Å². The third kappa shape index (κ3) is 14.7. The Kier molecular flexibility index (Phi) is 20.6. The highest BCUT2D eigenvalue weighted by Gasteiger charge is 2.55. The number of nitrogens with zero attached hydrogens (tertiary/aromatic N) is 4. The standard InChI is InChI=1S/C133H134B2N4/c1-124(2,3)86-61-83(62-87(67-86)125(4,5)6)84-63-116-122-119(64-84)139(123-103(81-45-30-28-31-46-81)77-94(132(25,26)27)78-104(123)82-47-32-29-33-48-82)115-80-114-110(79-111(115)135(122)109-58-41-42-59-112(109)136(116)95-71-88(126(7,8)9)68-89(72-95)127(10,11)12)134-108-57-40-43-60-113(108)137(96-73-90(128(13,14)15)69-91(74-96)129(16,17)18)117-65-85(66-118(121(117)134)138(114)97-75-92(130(19,20)21)70-93(76-97)131(22,23)24)98-52-44-53-102-101-51-36-39-56-107(101)133(120(98)102)105-54-37-34-49-99(105)100-50-35-38-55-106(100)133/h28-80H,1-27H3. The van der Waals surface area contributed by atoms with Crippen molar-refractivity contribution in [3.05, 3.63) is 394 Å². The molecule has 4 aliphatic heterocycles. The minimum absolute atomic E-state index is 0.181. The topological polar surface area (TPSA) is 13.0 Å². The molecule has 139 heavy (non-hydrogen) atoms. The molecule has 16 aromatic carbocycles. The lowest BCUT2D eigenvalue weighted by atomic mass is 9.30. The van der Waals surface area contributed by atoms with E-state index in [2.05, 4.69) is 528 Å². The first kappa shape index (κ1) is 91.0. The van der Waals surface area contributed by atoms with Gasteiger partial charge in [0.1, 0.15) is 0 Å². The van der Waals surface area contributed by atoms with Gasteiger partial charge in [-0.15, -0.1) is 0 Å². The molecule has 6 aliphatic rings. The van der Waals surface area contributed by atoms with Gasteiger partial charge in [0, 0.05) is 73.7 Å². The van der Waals surface area contributed by atoms with E-state index in [4.69, 9.17) is 0 Å². The fraction of sp³-hybridized carbons (Fsp3) is 0.278. The normalized spacial score (nSPS) is 14.6. The van der Waals surface area contributed by atoms with E-state index in [0.29, 0.717) is 0 Å². The third-order valence-corrected chi connectivity index (χ3v) is 31.5. The van der Waals surface area contributed by atoms with E-state index in [-0.39, 0.29) is 62.2 Å². The van der Waals surface area contributed by atoms with Crippen LogP contribution in [0.4, 0.5) is 68.2 Å². The predicted octanol–water partition coefficient (Wildman–Crippen LogP) is 32.5. The maximum Gasteiger partial charge on any atom is 0.252 e. The van der Waals surface area contributed by atoms with Crippen molar-refractivity contribution < 1.29 is 0 Å². The van der Waals surface area contributed by atoms with Crippen molar-refractivity contribution in [2.24, 2.45) is 0 Å². The van der Waals surface area contributed by atoms with Crippen LogP contribution >= 0.6 is 0 Å². The molecule has 0 saturated heterocycles. The molecule has 4 heterocycles. The van der Waals surface area contributed by atoms with E-state index >= 15 is 0 Å². The van der Waals surface area contributed by atoms with Crippen LogP contribution in [-0.4, -0.2) is 13.4 Å². The molecule has 0 atom stereocenters. The van der Waals surface area contributed by atoms with E-state index in [0.717, 1.165) is 78.9 Å². The highest BCUT2D eigenvalue weighted by atomic mass is 15.2. The molecule has 0 N–H and O–H groups in total. The molecule has 0 amide bonds. The summed E-state index contributed by atoms with van der Waals surface area (Å²) in [5, 5.41) is 0. The molecule has 16 aromatic rings. The summed E-state index contributed by atoms with van der Waals surface area (Å²) in [6.07, 6.45) is 0. The Morgan fingerprint density at radius 2 is 0.453 bits per heavy atom. The molecule has 6 heteroatoms. The summed E-state index contributed by atoms with van der Waals surface area (Å²) in [7, 11) is 0. The van der Waals surface area contributed by atoms with Gasteiger partial charge in [-0.3, -0.25) is 0 Å². The Morgan fingerprint density at radius 1 is 0.180 bits per heavy atom. The first-order valence-corrected chi connectivity index (χ1v) is 50.9. The molecule has 0 fully saturated rings. The minimum atomic E-state index is -0.666. The highest BCUT2D eigenvalue weighted by Crippen LogP contribution is 2.66. The van der Waals surface area contributed by atoms with E-state index < -0.39 is 5.41 Å². The molecular weight excluding hydrogens is 1680 g/mol. The van der Waals surface area contributed by atoms with Crippen molar-refractivity contribution in [1.29, 1.82) is 0 Å². The van der Waals surface area contributed by atoms with Crippen molar-refractivity contribution in [2.75, 3.05) is 19.6 Å². The summed E-state index contributed by atoms with van der Waals surface area (Å²) in [4.78, 5) is 11.1. The molecular formula is C133H134B2N4. The summed E-state index contributed by atoms with van der Waals surface area (Å²) in [5.41, 5.74) is 50.3. The highest BCUT2D eigenvalue weighted by molar-refractivity contribution is 7.03. The monoisotopic (exact) mass is 1810 g/mol. The molecule has 0 unspecified atom stereocenters. The van der Waals surface area contributed by atoms with Gasteiger partial charge < -0.3 is 19.6 Å². The quantitative estimate of drug-likeness (QED) is 0.141. The van der Waals surface area contributed by atoms with Gasteiger partial charge in [-0.25, -0.2) is 0 Å². The van der Waals surface area contributed by atoms with E-state index in [1.807, 2.05) is 0 Å². The van der Waals surface area contributed by atoms with E-state index in [9.17, 15) is 0 Å². The van der Waals surface area contributed by atoms with Crippen molar-refractivity contribution in [2.45, 2.75) is 241 Å². The Morgan fingerprint density at radius 3 is 0.820 bits per heavy atom. The molecule has 2 aliphatic carbocycles. The lowest BCUT2D eigenvalue weighted by Crippen LogP contribution is -2.65. The number of anilines is 12. The number of rotatable bonds is 8. The SMILES string of the molecule is CC(C)(C)c1cc(-c2cc3c4c(c2)N(c2c(-c5ccccc5)cc(C(C)(C)C)cc2-c2ccccc2)c2cc5c(cc2B4c2ccccc2N3c2cc(C(C)(C)C)cc(C(C)(C)C)c2)B2c3ccccc3N(c3cc(C(C)(C)C)cc(C(C)(C)C)c3)c3cc(-c4cccc6c4C4(c7ccccc7-c7ccccc74)c4ccccc4-6)cc(c32)N5c2cc(C(C)(C)C)cc(C(C)(C)C)c2)cc(C(C)(C)C)c1. The zero-order chi connectivity index (χ0) is 97.8. The Balaban J connectivity index is 0.951. The summed E-state index contributed by atoms with van der Waals surface area (Å²) in [6.45, 7) is 64.2. The van der Waals surface area contributed by atoms with Gasteiger partial charge in [-0.05, 0) is 300 Å². The fourth-order valence-corrected chi connectivity index (χ4v) is 23.6. The van der Waals surface area contributed by atoms with Gasteiger partial charge in [-0.1, -0.05) is 417 Å². The number of hydrogen-bond acceptors (Lipinski definition) is 4. The Hall–Kier alpha value is -13.2. The zero-order valence-corrected chi connectivity index (χ0v) is 87.0. The van der Waals surface area contributed by atoms with Gasteiger partial charge in [0.05, 0.1) is 11.1 Å². The van der Waals surface area contributed by atoms with Crippen molar-refractivity contribution in [3.8, 4) is 66.8 Å². The average Bonchev–Trinajstić information content (AvgIpc) is 1.56. The van der Waals surface area contributed by atoms with Gasteiger partial charge in [0.25, 0.3) is 13.4 Å². The van der Waals surface area contributed by atoms with Crippen LogP contribution in [0.15, 0.2) is 322 Å². The van der Waals surface area contributed by atoms with Gasteiger partial charge in [0.2, 0.25) is 0 Å². The molecule has 0 bridgehead atoms. The van der Waals surface area contributed by atoms with Crippen LogP contribution in [0.25, 0.3) is 66.8 Å². The lowest BCUT2D eigenvalue weighted by Gasteiger charge is -2.48. The minimum Gasteiger partial charge on any atom is -0.311 e. The second-order valence-electron chi connectivity index (χ2n) is 50.3. The number of benzene rings is 16. The second-order valence-corrected chi connectivity index (χ2v) is 50.3. The van der Waals surface area contributed by atoms with E-state index in [1.54, 1.807) is 0 Å². The molecule has 1 spiro atoms. The maximum atomic E-state index is 2.84. The molecule has 22 rings (SSSR count). The van der Waals surface area contributed by atoms with Crippen LogP contribution in [0.3, 0.4) is 0 Å². The summed E-state index contributed by atoms with van der Waals surface area (Å²) < 4.78 is 0. The van der Waals surface area contributed by atoms with Crippen LogP contribution in [-0.2, 0) is 54.1 Å². The molecule has 0 radical (unpaired) electrons. The van der Waals surface area contributed by atoms with Crippen molar-refractivity contribution >= 4 is 114 Å². The molecule has 0 aromatic heterocycles. The van der Waals surface area contributed by atoms with Crippen molar-refractivity contribution in [1.82, 2.24) is 0 Å². The predicted molar refractivity (Wildman–Crippen MR) is 601 cm³/mol. The fourth-order valence-electron chi connectivity index (χ4n) is 23.6. The average molecular weight is 1810 g/mol. The Labute approximate surface area is 829 Å². The third-order valence-electron chi connectivity index (χ3n) is 31.5. The smallest absolute Gasteiger partial charge is 0.252 e. The second kappa shape index (κ2) is 31.4. The van der Waals surface area contributed by atoms with Gasteiger partial charge in [-0.2, -0.15) is 0 Å². The Bertz CT molecular complexity index is 7510. The van der Waals surface area contributed by atoms with Crippen LogP contribution < -0.4 is 52.4 Å². The van der Waals surface area contributed by atoms with Crippen LogP contribution in [0.1, 0.15) is 259 Å². The van der Waals surface area contributed by atoms with Crippen LogP contribution in [0.2, 0.25) is 0 Å².